The van der Waals surface area contributed by atoms with E-state index in [1.54, 1.807) is 33.7 Å². The van der Waals surface area contributed by atoms with Crippen LogP contribution in [-0.4, -0.2) is 87.6 Å². The van der Waals surface area contributed by atoms with E-state index in [9.17, 15) is 19.5 Å². The van der Waals surface area contributed by atoms with E-state index < -0.39 is 22.6 Å². The maximum Gasteiger partial charge on any atom is 0.247 e. The molecule has 228 valence electrons. The molecule has 1 aliphatic carbocycles. The molecule has 5 rings (SSSR count). The number of benzene rings is 1. The van der Waals surface area contributed by atoms with Crippen molar-refractivity contribution in [1.29, 1.82) is 0 Å². The number of hydrogen-bond acceptors (Lipinski definition) is 6. The number of thioether (sulfide) groups is 1. The molecule has 1 aromatic rings. The number of aliphatic hydroxyl groups is 1. The first kappa shape index (κ1) is 30.7. The van der Waals surface area contributed by atoms with Crippen molar-refractivity contribution in [3.05, 3.63) is 49.6 Å². The Morgan fingerprint density at radius 2 is 1.81 bits per heavy atom. The quantitative estimate of drug-likeness (QED) is 0.340. The maximum absolute atomic E-state index is 14.6. The second-order valence-corrected chi connectivity index (χ2v) is 13.5. The third kappa shape index (κ3) is 5.39. The standard InChI is InChI=1S/C33H45N3O5S/c1-4-19-34(24-13-15-25(16-14-24)41-6-3)30(38)27-26-17-18-33(42-26)28(27)31(39)36(21-10-22-37)29(33)32(40)35(20-5-2)23-11-8-7-9-12-23/h4-5,13-16,23,26-29,37H,1-2,6-12,17-22H2,3H3/t26-,27+,28+,29?,33?/m1/s1. The van der Waals surface area contributed by atoms with Gasteiger partial charge in [0.25, 0.3) is 0 Å². The Morgan fingerprint density at radius 3 is 2.45 bits per heavy atom. The summed E-state index contributed by atoms with van der Waals surface area (Å²) >= 11 is 1.69. The number of ether oxygens (including phenoxy) is 1. The van der Waals surface area contributed by atoms with Crippen LogP contribution >= 0.6 is 11.8 Å². The van der Waals surface area contributed by atoms with E-state index in [4.69, 9.17) is 4.74 Å². The van der Waals surface area contributed by atoms with Crippen LogP contribution in [0, 0.1) is 11.8 Å². The highest BCUT2D eigenvalue weighted by molar-refractivity contribution is 8.02. The first-order chi connectivity index (χ1) is 20.4. The first-order valence-electron chi connectivity index (χ1n) is 15.6. The Labute approximate surface area is 254 Å². The highest BCUT2D eigenvalue weighted by Gasteiger charge is 2.74. The van der Waals surface area contributed by atoms with Gasteiger partial charge in [0.1, 0.15) is 11.8 Å². The lowest BCUT2D eigenvalue weighted by atomic mass is 9.70. The van der Waals surface area contributed by atoms with Gasteiger partial charge in [-0.25, -0.2) is 0 Å². The van der Waals surface area contributed by atoms with Crippen molar-refractivity contribution >= 4 is 35.2 Å². The molecule has 0 radical (unpaired) electrons. The van der Waals surface area contributed by atoms with Crippen molar-refractivity contribution in [3.63, 3.8) is 0 Å². The van der Waals surface area contributed by atoms with Crippen LogP contribution in [-0.2, 0) is 14.4 Å². The molecule has 3 heterocycles. The Morgan fingerprint density at radius 1 is 1.10 bits per heavy atom. The van der Waals surface area contributed by atoms with Gasteiger partial charge in [0, 0.05) is 43.2 Å². The van der Waals surface area contributed by atoms with Crippen LogP contribution < -0.4 is 9.64 Å². The number of anilines is 1. The normalized spacial score (nSPS) is 28.4. The Bertz CT molecular complexity index is 1170. The molecule has 1 N–H and O–H groups in total. The smallest absolute Gasteiger partial charge is 0.247 e. The predicted molar refractivity (Wildman–Crippen MR) is 166 cm³/mol. The molecule has 8 nitrogen and oxygen atoms in total. The lowest BCUT2D eigenvalue weighted by Crippen LogP contribution is -2.57. The number of carbonyl (C=O) groups excluding carboxylic acids is 3. The van der Waals surface area contributed by atoms with Crippen molar-refractivity contribution in [2.24, 2.45) is 11.8 Å². The van der Waals surface area contributed by atoms with Crippen LogP contribution in [0.3, 0.4) is 0 Å². The summed E-state index contributed by atoms with van der Waals surface area (Å²) in [4.78, 5) is 48.7. The summed E-state index contributed by atoms with van der Waals surface area (Å²) in [6, 6.07) is 6.94. The molecule has 3 saturated heterocycles. The number of rotatable bonds is 13. The molecule has 4 aliphatic rings. The largest absolute Gasteiger partial charge is 0.494 e. The number of aliphatic hydroxyl groups excluding tert-OH is 1. The fraction of sp³-hybridized carbons (Fsp3) is 0.606. The van der Waals surface area contributed by atoms with Crippen molar-refractivity contribution < 1.29 is 24.2 Å². The number of fused-ring (bicyclic) bond motifs is 1. The average molecular weight is 596 g/mol. The molecule has 0 aromatic heterocycles. The zero-order valence-corrected chi connectivity index (χ0v) is 25.6. The molecular formula is C33H45N3O5S. The molecule has 3 aliphatic heterocycles. The van der Waals surface area contributed by atoms with Gasteiger partial charge in [-0.15, -0.1) is 24.9 Å². The van der Waals surface area contributed by atoms with Crippen LogP contribution in [0.25, 0.3) is 0 Å². The molecule has 1 spiro atoms. The van der Waals surface area contributed by atoms with Crippen LogP contribution in [0.15, 0.2) is 49.6 Å². The van der Waals surface area contributed by atoms with Crippen molar-refractivity contribution in [2.75, 3.05) is 37.7 Å². The average Bonchev–Trinajstić information content (AvgIpc) is 3.65. The second-order valence-electron chi connectivity index (χ2n) is 11.9. The molecule has 3 amide bonds. The van der Waals surface area contributed by atoms with Gasteiger partial charge in [-0.3, -0.25) is 14.4 Å². The molecule has 1 saturated carbocycles. The monoisotopic (exact) mass is 595 g/mol. The Balaban J connectivity index is 1.49. The maximum atomic E-state index is 14.6. The van der Waals surface area contributed by atoms with Crippen LogP contribution in [0.1, 0.15) is 58.3 Å². The van der Waals surface area contributed by atoms with Gasteiger partial charge in [-0.1, -0.05) is 31.4 Å². The predicted octanol–water partition coefficient (Wildman–Crippen LogP) is 4.43. The van der Waals surface area contributed by atoms with Gasteiger partial charge in [-0.2, -0.15) is 0 Å². The minimum Gasteiger partial charge on any atom is -0.494 e. The van der Waals surface area contributed by atoms with E-state index in [0.29, 0.717) is 32.7 Å². The van der Waals surface area contributed by atoms with Crippen LogP contribution in [0.5, 0.6) is 5.75 Å². The third-order valence-electron chi connectivity index (χ3n) is 9.54. The molecule has 5 atom stereocenters. The lowest BCUT2D eigenvalue weighted by molar-refractivity contribution is -0.144. The topological polar surface area (TPSA) is 90.4 Å². The highest BCUT2D eigenvalue weighted by Crippen LogP contribution is 2.67. The summed E-state index contributed by atoms with van der Waals surface area (Å²) in [7, 11) is 0. The summed E-state index contributed by atoms with van der Waals surface area (Å²) in [6.07, 6.45) is 10.7. The third-order valence-corrected chi connectivity index (χ3v) is 11.5. The van der Waals surface area contributed by atoms with Gasteiger partial charge in [0.05, 0.1) is 23.2 Å². The van der Waals surface area contributed by atoms with Crippen LogP contribution in [0.4, 0.5) is 5.69 Å². The fourth-order valence-electron chi connectivity index (χ4n) is 7.82. The minimum absolute atomic E-state index is 0.0219. The van der Waals surface area contributed by atoms with Crippen molar-refractivity contribution in [1.82, 2.24) is 9.80 Å². The Hall–Kier alpha value is -2.78. The van der Waals surface area contributed by atoms with Gasteiger partial charge in [-0.05, 0) is 63.3 Å². The number of carbonyl (C=O) groups is 3. The molecular weight excluding hydrogens is 550 g/mol. The van der Waals surface area contributed by atoms with Gasteiger partial charge >= 0.3 is 0 Å². The second kappa shape index (κ2) is 13.2. The number of hydrogen-bond donors (Lipinski definition) is 1. The number of likely N-dealkylation sites (tertiary alicyclic amines) is 1. The van der Waals surface area contributed by atoms with Crippen LogP contribution in [0.2, 0.25) is 0 Å². The minimum atomic E-state index is -0.651. The zero-order valence-electron chi connectivity index (χ0n) is 24.8. The zero-order chi connectivity index (χ0) is 29.9. The van der Waals surface area contributed by atoms with Crippen molar-refractivity contribution in [3.8, 4) is 5.75 Å². The van der Waals surface area contributed by atoms with Gasteiger partial charge in [0.2, 0.25) is 17.7 Å². The van der Waals surface area contributed by atoms with Gasteiger partial charge < -0.3 is 24.5 Å². The van der Waals surface area contributed by atoms with Gasteiger partial charge in [0.15, 0.2) is 0 Å². The first-order valence-corrected chi connectivity index (χ1v) is 16.5. The van der Waals surface area contributed by atoms with E-state index >= 15 is 0 Å². The summed E-state index contributed by atoms with van der Waals surface area (Å²) < 4.78 is 4.94. The fourth-order valence-corrected chi connectivity index (χ4v) is 10.0. The summed E-state index contributed by atoms with van der Waals surface area (Å²) in [6.45, 7) is 11.3. The highest BCUT2D eigenvalue weighted by atomic mass is 32.2. The molecule has 4 fully saturated rings. The number of nitrogens with zero attached hydrogens (tertiary/aromatic N) is 3. The van der Waals surface area contributed by atoms with Crippen molar-refractivity contribution in [2.45, 2.75) is 80.4 Å². The van der Waals surface area contributed by atoms with E-state index in [0.717, 1.165) is 50.0 Å². The molecule has 2 unspecified atom stereocenters. The summed E-state index contributed by atoms with van der Waals surface area (Å²) in [5.41, 5.74) is 0.731. The molecule has 2 bridgehead atoms. The number of amides is 3. The summed E-state index contributed by atoms with van der Waals surface area (Å²) in [5.74, 6) is -0.612. The summed E-state index contributed by atoms with van der Waals surface area (Å²) in [5, 5.41) is 9.66. The molecule has 42 heavy (non-hydrogen) atoms. The SMILES string of the molecule is C=CCN(C(=O)[C@@H]1[C@H]2C(=O)N(CCCO)C(C(=O)N(CC=C)C3CCCCC3)C23CC[C@H]1S3)c1ccc(OCC)cc1. The van der Waals surface area contributed by atoms with E-state index in [1.807, 2.05) is 36.1 Å². The van der Waals surface area contributed by atoms with E-state index in [-0.39, 0.29) is 35.6 Å². The lowest BCUT2D eigenvalue weighted by Gasteiger charge is -2.41. The van der Waals surface area contributed by atoms with E-state index in [1.165, 1.54) is 6.42 Å². The molecule has 1 aromatic carbocycles. The molecule has 9 heteroatoms. The Kier molecular flexibility index (Phi) is 9.67. The van der Waals surface area contributed by atoms with E-state index in [2.05, 4.69) is 13.2 Å².